The number of aromatic nitrogens is 1. The van der Waals surface area contributed by atoms with Crippen LogP contribution in [0.25, 0.3) is 26.7 Å². The number of benzene rings is 3. The summed E-state index contributed by atoms with van der Waals surface area (Å²) in [7, 11) is 0. The van der Waals surface area contributed by atoms with Gasteiger partial charge < -0.3 is 5.11 Å². The van der Waals surface area contributed by atoms with Crippen LogP contribution in [0.1, 0.15) is 0 Å². The van der Waals surface area contributed by atoms with Crippen molar-refractivity contribution >= 4 is 22.9 Å². The maximum atomic E-state index is 11.0. The number of hydrogen-bond acceptors (Lipinski definition) is 2. The Bertz CT molecular complexity index is 1010. The third-order valence-corrected chi connectivity index (χ3v) is 5.52. The Morgan fingerprint density at radius 3 is 2.04 bits per heavy atom. The van der Waals surface area contributed by atoms with Gasteiger partial charge in [-0.15, -0.1) is 4.57 Å². The van der Waals surface area contributed by atoms with Crippen molar-refractivity contribution in [1.82, 2.24) is 0 Å². The van der Waals surface area contributed by atoms with Crippen molar-refractivity contribution in [2.24, 2.45) is 0 Å². The predicted octanol–water partition coefficient (Wildman–Crippen LogP) is 5.72. The number of para-hydroxylation sites is 1. The minimum atomic E-state index is 0.197. The van der Waals surface area contributed by atoms with Gasteiger partial charge in [0.1, 0.15) is 0 Å². The number of rotatable bonds is 3. The van der Waals surface area contributed by atoms with Crippen LogP contribution in [0.4, 0.5) is 0 Å². The average molecular weight is 365 g/mol. The van der Waals surface area contributed by atoms with Crippen molar-refractivity contribution in [2.75, 3.05) is 0 Å². The van der Waals surface area contributed by atoms with E-state index in [0.29, 0.717) is 5.02 Å². The van der Waals surface area contributed by atoms with E-state index in [1.165, 1.54) is 11.3 Å². The average Bonchev–Trinajstić information content (AvgIpc) is 3.01. The third-order valence-electron chi connectivity index (χ3n) is 3.97. The van der Waals surface area contributed by atoms with Crippen LogP contribution in [-0.2, 0) is 0 Å². The Balaban J connectivity index is 2.01. The molecular weight excluding hydrogens is 350 g/mol. The van der Waals surface area contributed by atoms with Crippen LogP contribution >= 0.6 is 22.9 Å². The van der Waals surface area contributed by atoms with Crippen LogP contribution in [0.3, 0.4) is 0 Å². The summed E-state index contributed by atoms with van der Waals surface area (Å²) in [5.41, 5.74) is 2.79. The van der Waals surface area contributed by atoms with Crippen LogP contribution in [0, 0.1) is 0 Å². The van der Waals surface area contributed by atoms with Crippen molar-refractivity contribution in [3.8, 4) is 32.6 Å². The molecule has 0 saturated carbocycles. The second-order valence-corrected chi connectivity index (χ2v) is 6.98. The van der Waals surface area contributed by atoms with E-state index >= 15 is 0 Å². The van der Waals surface area contributed by atoms with E-state index in [2.05, 4.69) is 0 Å². The Kier molecular flexibility index (Phi) is 4.26. The summed E-state index contributed by atoms with van der Waals surface area (Å²) >= 11 is 7.90. The zero-order chi connectivity index (χ0) is 17.2. The fourth-order valence-corrected chi connectivity index (χ4v) is 4.28. The van der Waals surface area contributed by atoms with Gasteiger partial charge in [-0.2, -0.15) is 0 Å². The quantitative estimate of drug-likeness (QED) is 0.462. The van der Waals surface area contributed by atoms with Crippen LogP contribution in [0.15, 0.2) is 84.9 Å². The lowest BCUT2D eigenvalue weighted by Gasteiger charge is -1.99. The third kappa shape index (κ3) is 2.93. The summed E-state index contributed by atoms with van der Waals surface area (Å²) in [5.74, 6) is 0.197. The van der Waals surface area contributed by atoms with Crippen molar-refractivity contribution in [1.29, 1.82) is 0 Å². The minimum Gasteiger partial charge on any atom is -0.458 e. The summed E-state index contributed by atoms with van der Waals surface area (Å²) in [6.45, 7) is 0. The van der Waals surface area contributed by atoms with Crippen molar-refractivity contribution in [3.63, 3.8) is 0 Å². The smallest absolute Gasteiger partial charge is 0.391 e. The van der Waals surface area contributed by atoms with E-state index in [0.717, 1.165) is 26.7 Å². The van der Waals surface area contributed by atoms with Gasteiger partial charge in [0.25, 0.3) is 5.01 Å². The lowest BCUT2D eigenvalue weighted by Crippen LogP contribution is -2.30. The molecular formula is C21H15ClNOS+. The van der Waals surface area contributed by atoms with Gasteiger partial charge in [-0.25, -0.2) is 0 Å². The van der Waals surface area contributed by atoms with Crippen molar-refractivity contribution < 1.29 is 9.67 Å². The molecule has 25 heavy (non-hydrogen) atoms. The number of hydrogen-bond donors (Lipinski definition) is 1. The molecule has 0 unspecified atom stereocenters. The highest BCUT2D eigenvalue weighted by Gasteiger charge is 2.30. The van der Waals surface area contributed by atoms with Gasteiger partial charge >= 0.3 is 5.88 Å². The lowest BCUT2D eigenvalue weighted by molar-refractivity contribution is -0.587. The molecule has 3 aromatic carbocycles. The van der Waals surface area contributed by atoms with E-state index in [4.69, 9.17) is 11.6 Å². The lowest BCUT2D eigenvalue weighted by atomic mass is 10.2. The van der Waals surface area contributed by atoms with Crippen LogP contribution < -0.4 is 4.57 Å². The van der Waals surface area contributed by atoms with E-state index < -0.39 is 0 Å². The summed E-state index contributed by atoms with van der Waals surface area (Å²) < 4.78 is 1.87. The topological polar surface area (TPSA) is 24.1 Å². The van der Waals surface area contributed by atoms with Crippen LogP contribution in [0.5, 0.6) is 5.88 Å². The zero-order valence-electron chi connectivity index (χ0n) is 13.3. The molecule has 0 atom stereocenters. The van der Waals surface area contributed by atoms with Gasteiger partial charge in [0.05, 0.1) is 5.56 Å². The summed E-state index contributed by atoms with van der Waals surface area (Å²) in [6.07, 6.45) is 0. The second kappa shape index (κ2) is 6.71. The van der Waals surface area contributed by atoms with E-state index in [9.17, 15) is 5.11 Å². The number of halogens is 1. The Hall–Kier alpha value is -2.62. The zero-order valence-corrected chi connectivity index (χ0v) is 14.8. The highest BCUT2D eigenvalue weighted by Crippen LogP contribution is 2.41. The molecule has 0 amide bonds. The molecule has 4 heteroatoms. The fourth-order valence-electron chi connectivity index (χ4n) is 2.79. The first-order valence-corrected chi connectivity index (χ1v) is 9.08. The second-order valence-electron chi connectivity index (χ2n) is 5.58. The molecule has 0 spiro atoms. The maximum Gasteiger partial charge on any atom is 0.391 e. The van der Waals surface area contributed by atoms with Gasteiger partial charge in [-0.05, 0) is 18.2 Å². The van der Waals surface area contributed by atoms with Gasteiger partial charge in [0, 0.05) is 22.7 Å². The van der Waals surface area contributed by atoms with Crippen LogP contribution in [0.2, 0.25) is 5.02 Å². The standard InChI is InChI=1S/C21H14ClNOS/c22-18-14-8-7-13-17(18)19-20(24)23(16-11-5-2-6-12-16)21(25-19)15-9-3-1-4-10-15/h1-14H/p+1. The molecule has 0 bridgehead atoms. The Labute approximate surface area is 155 Å². The molecule has 1 N–H and O–H groups in total. The molecule has 0 radical (unpaired) electrons. The predicted molar refractivity (Wildman–Crippen MR) is 103 cm³/mol. The van der Waals surface area contributed by atoms with E-state index in [1.54, 1.807) is 0 Å². The molecule has 1 aromatic heterocycles. The van der Waals surface area contributed by atoms with Gasteiger partial charge in [0.15, 0.2) is 4.88 Å². The highest BCUT2D eigenvalue weighted by atomic mass is 35.5. The van der Waals surface area contributed by atoms with Gasteiger partial charge in [-0.3, -0.25) is 0 Å². The molecule has 0 aliphatic carbocycles. The molecule has 1 heterocycles. The minimum absolute atomic E-state index is 0.197. The summed E-state index contributed by atoms with van der Waals surface area (Å²) in [6, 6.07) is 27.5. The van der Waals surface area contributed by atoms with Crippen molar-refractivity contribution in [3.05, 3.63) is 90.0 Å². The molecule has 0 aliphatic rings. The molecule has 4 aromatic rings. The first kappa shape index (κ1) is 15.9. The van der Waals surface area contributed by atoms with Gasteiger partial charge in [0.2, 0.25) is 5.69 Å². The first-order valence-electron chi connectivity index (χ1n) is 7.89. The normalized spacial score (nSPS) is 10.8. The highest BCUT2D eigenvalue weighted by molar-refractivity contribution is 7.18. The number of aromatic hydroxyl groups is 1. The molecule has 4 rings (SSSR count). The summed E-state index contributed by atoms with van der Waals surface area (Å²) in [5, 5.41) is 12.6. The summed E-state index contributed by atoms with van der Waals surface area (Å²) in [4.78, 5) is 0.758. The molecule has 2 nitrogen and oxygen atoms in total. The van der Waals surface area contributed by atoms with E-state index in [-0.39, 0.29) is 5.88 Å². The molecule has 122 valence electrons. The largest absolute Gasteiger partial charge is 0.458 e. The first-order chi connectivity index (χ1) is 12.3. The molecule has 0 aliphatic heterocycles. The van der Waals surface area contributed by atoms with Crippen LogP contribution in [-0.4, -0.2) is 5.11 Å². The van der Waals surface area contributed by atoms with Crippen molar-refractivity contribution in [2.45, 2.75) is 0 Å². The Morgan fingerprint density at radius 2 is 1.36 bits per heavy atom. The number of nitrogens with zero attached hydrogens (tertiary/aromatic N) is 1. The Morgan fingerprint density at radius 1 is 0.760 bits per heavy atom. The monoisotopic (exact) mass is 364 g/mol. The fraction of sp³-hybridized carbons (Fsp3) is 0. The van der Waals surface area contributed by atoms with Gasteiger partial charge in [-0.1, -0.05) is 77.5 Å². The number of thiazole rings is 1. The van der Waals surface area contributed by atoms with E-state index in [1.807, 2.05) is 89.5 Å². The molecule has 0 saturated heterocycles. The molecule has 0 fully saturated rings. The maximum absolute atomic E-state index is 11.0. The SMILES string of the molecule is Oc1c(-c2ccccc2Cl)sc(-c2ccccc2)[n+]1-c1ccccc1.